The predicted octanol–water partition coefficient (Wildman–Crippen LogP) is 3.32. The van der Waals surface area contributed by atoms with E-state index in [9.17, 15) is 5.11 Å². The van der Waals surface area contributed by atoms with E-state index in [2.05, 4.69) is 43.4 Å². The number of hydrogen-bond donors (Lipinski definition) is 2. The van der Waals surface area contributed by atoms with Crippen LogP contribution in [0.4, 0.5) is 0 Å². The molecule has 22 heavy (non-hydrogen) atoms. The van der Waals surface area contributed by atoms with Crippen LogP contribution in [0.2, 0.25) is 0 Å². The van der Waals surface area contributed by atoms with E-state index in [0.29, 0.717) is 6.54 Å². The molecule has 0 saturated carbocycles. The second-order valence-electron chi connectivity index (χ2n) is 5.99. The SMILES string of the molecule is CSc1ccc(/C(C)=N/OCC(O)CNC(C)(C)C)cc1.Cl. The van der Waals surface area contributed by atoms with Crippen LogP contribution < -0.4 is 5.32 Å². The quantitative estimate of drug-likeness (QED) is 0.452. The van der Waals surface area contributed by atoms with Gasteiger partial charge >= 0.3 is 0 Å². The Morgan fingerprint density at radius 2 is 1.91 bits per heavy atom. The third-order valence-corrected chi connectivity index (χ3v) is 3.59. The third kappa shape index (κ3) is 8.63. The molecule has 1 rings (SSSR count). The van der Waals surface area contributed by atoms with E-state index >= 15 is 0 Å². The molecule has 0 aliphatic rings. The fraction of sp³-hybridized carbons (Fsp3) is 0.562. The van der Waals surface area contributed by atoms with Gasteiger partial charge in [-0.2, -0.15) is 0 Å². The average Bonchev–Trinajstić information content (AvgIpc) is 2.44. The van der Waals surface area contributed by atoms with Crippen molar-refractivity contribution in [3.63, 3.8) is 0 Å². The van der Waals surface area contributed by atoms with Gasteiger partial charge in [-0.05, 0) is 51.6 Å². The van der Waals surface area contributed by atoms with Gasteiger partial charge in [0, 0.05) is 17.0 Å². The molecule has 0 spiro atoms. The van der Waals surface area contributed by atoms with E-state index in [1.54, 1.807) is 11.8 Å². The maximum atomic E-state index is 9.80. The molecule has 0 aliphatic heterocycles. The number of aliphatic hydroxyl groups is 1. The number of nitrogens with one attached hydrogen (secondary N) is 1. The van der Waals surface area contributed by atoms with Gasteiger partial charge in [0.05, 0.1) is 5.71 Å². The number of β-amino-alcohol motifs (C(OH)–C–C–N with tert-alkyl or cyclic N) is 1. The highest BCUT2D eigenvalue weighted by atomic mass is 35.5. The number of aliphatic hydroxyl groups excluding tert-OH is 1. The van der Waals surface area contributed by atoms with Gasteiger partial charge in [0.1, 0.15) is 12.7 Å². The highest BCUT2D eigenvalue weighted by molar-refractivity contribution is 7.98. The van der Waals surface area contributed by atoms with Crippen LogP contribution in [0.15, 0.2) is 34.3 Å². The summed E-state index contributed by atoms with van der Waals surface area (Å²) in [5.41, 5.74) is 1.81. The van der Waals surface area contributed by atoms with Crippen molar-refractivity contribution >= 4 is 29.9 Å². The summed E-state index contributed by atoms with van der Waals surface area (Å²) in [7, 11) is 0. The van der Waals surface area contributed by atoms with Crippen molar-refractivity contribution in [1.82, 2.24) is 5.32 Å². The van der Waals surface area contributed by atoms with E-state index in [1.807, 2.05) is 25.3 Å². The first-order chi connectivity index (χ1) is 9.81. The van der Waals surface area contributed by atoms with Gasteiger partial charge in [0.25, 0.3) is 0 Å². The fourth-order valence-electron chi connectivity index (χ4n) is 1.59. The van der Waals surface area contributed by atoms with Crippen LogP contribution in [-0.4, -0.2) is 41.9 Å². The molecule has 1 unspecified atom stereocenters. The van der Waals surface area contributed by atoms with Crippen LogP contribution in [0, 0.1) is 0 Å². The van der Waals surface area contributed by atoms with Crippen molar-refractivity contribution in [2.24, 2.45) is 5.16 Å². The van der Waals surface area contributed by atoms with Crippen molar-refractivity contribution in [1.29, 1.82) is 0 Å². The molecule has 1 aromatic rings. The molecule has 4 nitrogen and oxygen atoms in total. The van der Waals surface area contributed by atoms with Crippen LogP contribution >= 0.6 is 24.2 Å². The molecule has 1 atom stereocenters. The monoisotopic (exact) mass is 346 g/mol. The topological polar surface area (TPSA) is 53.9 Å². The zero-order valence-corrected chi connectivity index (χ0v) is 15.6. The molecular weight excluding hydrogens is 320 g/mol. The summed E-state index contributed by atoms with van der Waals surface area (Å²) in [5.74, 6) is 0. The van der Waals surface area contributed by atoms with Crippen molar-refractivity contribution in [2.75, 3.05) is 19.4 Å². The maximum Gasteiger partial charge on any atom is 0.144 e. The summed E-state index contributed by atoms with van der Waals surface area (Å²) >= 11 is 1.71. The summed E-state index contributed by atoms with van der Waals surface area (Å²) in [5, 5.41) is 17.1. The first-order valence-electron chi connectivity index (χ1n) is 7.06. The number of benzene rings is 1. The lowest BCUT2D eigenvalue weighted by molar-refractivity contribution is 0.0373. The van der Waals surface area contributed by atoms with Crippen LogP contribution in [0.1, 0.15) is 33.3 Å². The molecule has 2 N–H and O–H groups in total. The molecule has 126 valence electrons. The first-order valence-corrected chi connectivity index (χ1v) is 8.28. The molecule has 6 heteroatoms. The molecule has 0 saturated heterocycles. The number of halogens is 1. The number of oxime groups is 1. The average molecular weight is 347 g/mol. The predicted molar refractivity (Wildman–Crippen MR) is 97.4 cm³/mol. The van der Waals surface area contributed by atoms with Crippen molar-refractivity contribution in [3.05, 3.63) is 29.8 Å². The zero-order valence-electron chi connectivity index (χ0n) is 13.9. The number of hydrogen-bond acceptors (Lipinski definition) is 5. The molecule has 0 bridgehead atoms. The van der Waals surface area contributed by atoms with E-state index < -0.39 is 6.10 Å². The Balaban J connectivity index is 0.00000441. The zero-order chi connectivity index (χ0) is 15.9. The van der Waals surface area contributed by atoms with Crippen molar-refractivity contribution < 1.29 is 9.94 Å². The second kappa shape index (κ2) is 10.1. The third-order valence-electron chi connectivity index (χ3n) is 2.84. The lowest BCUT2D eigenvalue weighted by atomic mass is 10.1. The largest absolute Gasteiger partial charge is 0.393 e. The van der Waals surface area contributed by atoms with Gasteiger partial charge in [-0.15, -0.1) is 24.2 Å². The molecular formula is C16H27ClN2O2S. The minimum Gasteiger partial charge on any atom is -0.393 e. The molecule has 0 aliphatic carbocycles. The Kier molecular flexibility index (Phi) is 9.76. The molecule has 0 aromatic heterocycles. The lowest BCUT2D eigenvalue weighted by Gasteiger charge is -2.22. The van der Waals surface area contributed by atoms with E-state index in [-0.39, 0.29) is 24.6 Å². The van der Waals surface area contributed by atoms with Crippen molar-refractivity contribution in [3.8, 4) is 0 Å². The molecule has 0 radical (unpaired) electrons. The second-order valence-corrected chi connectivity index (χ2v) is 6.87. The van der Waals surface area contributed by atoms with E-state index in [1.165, 1.54) is 4.90 Å². The molecule has 0 fully saturated rings. The summed E-state index contributed by atoms with van der Waals surface area (Å²) in [6, 6.07) is 8.15. The normalized spacial score (nSPS) is 13.5. The Labute approximate surface area is 144 Å². The van der Waals surface area contributed by atoms with Crippen LogP contribution in [0.25, 0.3) is 0 Å². The van der Waals surface area contributed by atoms with Gasteiger partial charge in [-0.25, -0.2) is 0 Å². The standard InChI is InChI=1S/C16H26N2O2S.ClH/c1-12(13-6-8-15(21-5)9-7-13)18-20-11-14(19)10-17-16(2,3)4;/h6-9,14,17,19H,10-11H2,1-5H3;1H/b18-12+;. The molecule has 1 aromatic carbocycles. The summed E-state index contributed by atoms with van der Waals surface area (Å²) in [4.78, 5) is 6.44. The Hall–Kier alpha value is -0.750. The van der Waals surface area contributed by atoms with E-state index in [0.717, 1.165) is 11.3 Å². The molecule has 0 amide bonds. The van der Waals surface area contributed by atoms with Crippen LogP contribution in [0.3, 0.4) is 0 Å². The van der Waals surface area contributed by atoms with E-state index in [4.69, 9.17) is 4.84 Å². The fourth-order valence-corrected chi connectivity index (χ4v) is 2.00. The summed E-state index contributed by atoms with van der Waals surface area (Å²) < 4.78 is 0. The van der Waals surface area contributed by atoms with Crippen LogP contribution in [-0.2, 0) is 4.84 Å². The van der Waals surface area contributed by atoms with Gasteiger partial charge in [0.15, 0.2) is 0 Å². The highest BCUT2D eigenvalue weighted by Crippen LogP contribution is 2.15. The smallest absolute Gasteiger partial charge is 0.144 e. The Morgan fingerprint density at radius 1 is 1.32 bits per heavy atom. The Bertz CT molecular complexity index is 458. The van der Waals surface area contributed by atoms with Gasteiger partial charge in [-0.3, -0.25) is 0 Å². The number of nitrogens with zero attached hydrogens (tertiary/aromatic N) is 1. The minimum atomic E-state index is -0.570. The summed E-state index contributed by atoms with van der Waals surface area (Å²) in [6.45, 7) is 8.74. The van der Waals surface area contributed by atoms with Crippen LogP contribution in [0.5, 0.6) is 0 Å². The minimum absolute atomic E-state index is 0. The van der Waals surface area contributed by atoms with Gasteiger partial charge < -0.3 is 15.3 Å². The Morgan fingerprint density at radius 3 is 2.41 bits per heavy atom. The maximum absolute atomic E-state index is 9.80. The summed E-state index contributed by atoms with van der Waals surface area (Å²) in [6.07, 6.45) is 1.48. The number of thioether (sulfide) groups is 1. The highest BCUT2D eigenvalue weighted by Gasteiger charge is 2.12. The molecule has 0 heterocycles. The van der Waals surface area contributed by atoms with Crippen molar-refractivity contribution in [2.45, 2.75) is 44.2 Å². The lowest BCUT2D eigenvalue weighted by Crippen LogP contribution is -2.42. The first kappa shape index (κ1) is 21.2. The number of rotatable bonds is 7. The van der Waals surface area contributed by atoms with Gasteiger partial charge in [0.2, 0.25) is 0 Å². The van der Waals surface area contributed by atoms with Gasteiger partial charge in [-0.1, -0.05) is 17.3 Å².